The minimum atomic E-state index is -4.62. The molecule has 202 valence electrons. The molecule has 0 aromatic carbocycles. The summed E-state index contributed by atoms with van der Waals surface area (Å²) in [5.74, 6) is 1.04. The molecule has 0 bridgehead atoms. The van der Waals surface area contributed by atoms with Crippen molar-refractivity contribution in [2.24, 2.45) is 5.92 Å². The molecule has 0 radical (unpaired) electrons. The van der Waals surface area contributed by atoms with Crippen molar-refractivity contribution in [2.75, 3.05) is 0 Å². The zero-order chi connectivity index (χ0) is 25.7. The molecule has 0 aliphatic rings. The lowest BCUT2D eigenvalue weighted by atomic mass is 9.99. The average Bonchev–Trinajstić information content (AvgIpc) is 2.76. The van der Waals surface area contributed by atoms with Gasteiger partial charge in [-0.25, -0.2) is 4.18 Å². The average molecular weight is 505 g/mol. The van der Waals surface area contributed by atoms with Crippen molar-refractivity contribution in [1.29, 1.82) is 0 Å². The molecular weight excluding hydrogens is 452 g/mol. The smallest absolute Gasteiger partial charge is 0.390 e. The number of carbonyl (C=O) groups is 1. The van der Waals surface area contributed by atoms with Crippen LogP contribution in [0, 0.1) is 5.92 Å². The van der Waals surface area contributed by atoms with Crippen LogP contribution in [0.2, 0.25) is 0 Å². The Hall–Kier alpha value is -0.760. The number of ketones is 1. The number of aliphatic hydroxyl groups excluding tert-OH is 1. The second kappa shape index (κ2) is 21.5. The van der Waals surface area contributed by atoms with E-state index in [2.05, 4.69) is 13.8 Å². The first-order chi connectivity index (χ1) is 16.2. The first-order valence-corrected chi connectivity index (χ1v) is 15.0. The normalized spacial score (nSPS) is 15.0. The minimum absolute atomic E-state index is 0.177. The number of Topliss-reactive ketones (excluding diaryl/α,β-unsaturated/α-hetero) is 1. The summed E-state index contributed by atoms with van der Waals surface area (Å²) in [6.45, 7) is 6.17. The third kappa shape index (κ3) is 23.0. The first kappa shape index (κ1) is 33.2. The Morgan fingerprint density at radius 1 is 0.853 bits per heavy atom. The molecule has 0 heterocycles. The van der Waals surface area contributed by atoms with E-state index in [4.69, 9.17) is 8.74 Å². The molecule has 6 nitrogen and oxygen atoms in total. The highest BCUT2D eigenvalue weighted by Crippen LogP contribution is 2.18. The van der Waals surface area contributed by atoms with Crippen molar-refractivity contribution >= 4 is 16.2 Å². The molecule has 0 aromatic rings. The topological polar surface area (TPSA) is 101 Å². The predicted molar refractivity (Wildman–Crippen MR) is 140 cm³/mol. The highest BCUT2D eigenvalue weighted by molar-refractivity contribution is 7.80. The third-order valence-corrected chi connectivity index (χ3v) is 6.99. The second-order valence-electron chi connectivity index (χ2n) is 9.91. The summed E-state index contributed by atoms with van der Waals surface area (Å²) in [5.41, 5.74) is 0. The molecule has 0 spiro atoms. The maximum absolute atomic E-state index is 11.2. The molecule has 0 amide bonds. The summed E-state index contributed by atoms with van der Waals surface area (Å²) in [5, 5.41) is 10.4. The highest BCUT2D eigenvalue weighted by atomic mass is 32.3. The van der Waals surface area contributed by atoms with Gasteiger partial charge in [0.25, 0.3) is 0 Å². The quantitative estimate of drug-likeness (QED) is 0.0809. The van der Waals surface area contributed by atoms with Crippen molar-refractivity contribution < 1.29 is 27.1 Å². The first-order valence-electron chi connectivity index (χ1n) is 13.6. The van der Waals surface area contributed by atoms with Gasteiger partial charge in [-0.05, 0) is 44.9 Å². The number of carbonyl (C=O) groups excluding carboxylic acids is 1. The Balaban J connectivity index is 3.93. The lowest BCUT2D eigenvalue weighted by Gasteiger charge is -2.20. The van der Waals surface area contributed by atoms with Crippen LogP contribution in [0.1, 0.15) is 136 Å². The van der Waals surface area contributed by atoms with E-state index in [1.165, 1.54) is 57.8 Å². The fraction of sp³-hybridized carbons (Fsp3) is 0.889. The van der Waals surface area contributed by atoms with E-state index >= 15 is 0 Å². The van der Waals surface area contributed by atoms with Crippen molar-refractivity contribution in [1.82, 2.24) is 0 Å². The molecule has 0 fully saturated rings. The van der Waals surface area contributed by atoms with Gasteiger partial charge in [0, 0.05) is 6.42 Å². The number of unbranched alkanes of at least 4 members (excludes halogenated alkanes) is 11. The molecule has 0 aliphatic carbocycles. The van der Waals surface area contributed by atoms with Gasteiger partial charge in [0.2, 0.25) is 0 Å². The predicted octanol–water partition coefficient (Wildman–Crippen LogP) is 7.36. The largest absolute Gasteiger partial charge is 0.397 e. The van der Waals surface area contributed by atoms with Crippen LogP contribution in [0.5, 0.6) is 0 Å². The molecule has 0 aliphatic heterocycles. The van der Waals surface area contributed by atoms with Gasteiger partial charge in [0.1, 0.15) is 11.9 Å². The van der Waals surface area contributed by atoms with Gasteiger partial charge in [-0.15, -0.1) is 0 Å². The van der Waals surface area contributed by atoms with E-state index in [1.54, 1.807) is 13.0 Å². The maximum atomic E-state index is 11.2. The van der Waals surface area contributed by atoms with Crippen molar-refractivity contribution in [2.45, 2.75) is 149 Å². The van der Waals surface area contributed by atoms with E-state index in [0.717, 1.165) is 44.4 Å². The standard InChI is InChI=1S/C27H52O6S/c1-4-24(2)20-16-12-9-7-5-6-8-10-14-18-22-26(29)27(33-34(30,31)32)23-19-15-11-13-17-21-25(3)28/h15,19,24,26-27,29H,4-14,16-18,20-23H2,1-3H3,(H,30,31,32)/b19-15+. The van der Waals surface area contributed by atoms with Gasteiger partial charge in [0.15, 0.2) is 0 Å². The fourth-order valence-electron chi connectivity index (χ4n) is 4.05. The van der Waals surface area contributed by atoms with Crippen LogP contribution in [0.3, 0.4) is 0 Å². The van der Waals surface area contributed by atoms with E-state index in [9.17, 15) is 18.3 Å². The molecule has 34 heavy (non-hydrogen) atoms. The molecule has 0 saturated carbocycles. The van der Waals surface area contributed by atoms with Crippen molar-refractivity contribution in [3.05, 3.63) is 12.2 Å². The molecule has 0 aromatic heterocycles. The summed E-state index contributed by atoms with van der Waals surface area (Å²) >= 11 is 0. The lowest BCUT2D eigenvalue weighted by molar-refractivity contribution is -0.117. The summed E-state index contributed by atoms with van der Waals surface area (Å²) < 4.78 is 36.1. The fourth-order valence-corrected chi connectivity index (χ4v) is 4.57. The van der Waals surface area contributed by atoms with E-state index < -0.39 is 22.6 Å². The van der Waals surface area contributed by atoms with Crippen LogP contribution in [0.15, 0.2) is 12.2 Å². The third-order valence-electron chi connectivity index (χ3n) is 6.50. The number of hydrogen-bond donors (Lipinski definition) is 2. The zero-order valence-corrected chi connectivity index (χ0v) is 22.9. The van der Waals surface area contributed by atoms with E-state index in [-0.39, 0.29) is 12.2 Å². The van der Waals surface area contributed by atoms with E-state index in [1.807, 2.05) is 6.08 Å². The monoisotopic (exact) mass is 504 g/mol. The van der Waals surface area contributed by atoms with Gasteiger partial charge < -0.3 is 9.90 Å². The minimum Gasteiger partial charge on any atom is -0.390 e. The zero-order valence-electron chi connectivity index (χ0n) is 22.1. The Kier molecular flexibility index (Phi) is 21.0. The number of rotatable bonds is 24. The Morgan fingerprint density at radius 3 is 1.88 bits per heavy atom. The molecule has 3 unspecified atom stereocenters. The molecule has 2 N–H and O–H groups in total. The summed E-state index contributed by atoms with van der Waals surface area (Å²) in [6.07, 6.45) is 20.1. The van der Waals surface area contributed by atoms with Crippen LogP contribution in [-0.4, -0.2) is 36.1 Å². The van der Waals surface area contributed by atoms with Crippen LogP contribution >= 0.6 is 0 Å². The second-order valence-corrected chi connectivity index (χ2v) is 11.0. The van der Waals surface area contributed by atoms with E-state index in [0.29, 0.717) is 12.8 Å². The highest BCUT2D eigenvalue weighted by Gasteiger charge is 2.24. The Labute approximate surface area is 209 Å². The van der Waals surface area contributed by atoms with Crippen LogP contribution < -0.4 is 0 Å². The van der Waals surface area contributed by atoms with Crippen LogP contribution in [-0.2, 0) is 19.4 Å². The van der Waals surface area contributed by atoms with Crippen molar-refractivity contribution in [3.63, 3.8) is 0 Å². The maximum Gasteiger partial charge on any atom is 0.397 e. The molecule has 3 atom stereocenters. The Morgan fingerprint density at radius 2 is 1.38 bits per heavy atom. The van der Waals surface area contributed by atoms with Gasteiger partial charge in [-0.3, -0.25) is 4.55 Å². The van der Waals surface area contributed by atoms with Gasteiger partial charge >= 0.3 is 10.4 Å². The molecule has 0 saturated heterocycles. The Bertz CT molecular complexity index is 617. The number of aliphatic hydroxyl groups is 1. The van der Waals surface area contributed by atoms with Gasteiger partial charge in [0.05, 0.1) is 6.10 Å². The van der Waals surface area contributed by atoms with Gasteiger partial charge in [-0.2, -0.15) is 8.42 Å². The molecular formula is C27H52O6S. The van der Waals surface area contributed by atoms with Crippen LogP contribution in [0.25, 0.3) is 0 Å². The number of hydrogen-bond acceptors (Lipinski definition) is 5. The molecule has 7 heteroatoms. The van der Waals surface area contributed by atoms with Crippen LogP contribution in [0.4, 0.5) is 0 Å². The molecule has 0 rings (SSSR count). The summed E-state index contributed by atoms with van der Waals surface area (Å²) in [7, 11) is -4.62. The summed E-state index contributed by atoms with van der Waals surface area (Å²) in [6, 6.07) is 0. The van der Waals surface area contributed by atoms with Gasteiger partial charge in [-0.1, -0.05) is 103 Å². The van der Waals surface area contributed by atoms with Crippen molar-refractivity contribution in [3.8, 4) is 0 Å². The number of allylic oxidation sites excluding steroid dienone is 1. The SMILES string of the molecule is CCC(C)CCCCCCCCCCCCC(O)C(C/C=C/CCCCC(C)=O)OS(=O)(=O)O. The lowest BCUT2D eigenvalue weighted by Crippen LogP contribution is -2.30. The summed E-state index contributed by atoms with van der Waals surface area (Å²) in [4.78, 5) is 10.9.